The lowest BCUT2D eigenvalue weighted by atomic mass is 9.92. The van der Waals surface area contributed by atoms with Gasteiger partial charge >= 0.3 is 0 Å². The average Bonchev–Trinajstić information content (AvgIpc) is 1.87. The smallest absolute Gasteiger partial charge is 0.0616 e. The predicted molar refractivity (Wildman–Crippen MR) is 54.9 cm³/mol. The molecule has 0 saturated carbocycles. The van der Waals surface area contributed by atoms with E-state index >= 15 is 0 Å². The Hall–Kier alpha value is -0.110. The van der Waals surface area contributed by atoms with Gasteiger partial charge in [-0.2, -0.15) is 0 Å². The van der Waals surface area contributed by atoms with Crippen LogP contribution in [0.2, 0.25) is 0 Å². The lowest BCUT2D eigenvalue weighted by Crippen LogP contribution is -2.26. The monoisotopic (exact) mass is 173 g/mol. The third kappa shape index (κ3) is 5.19. The van der Waals surface area contributed by atoms with Crippen LogP contribution in [0.5, 0.6) is 0 Å². The van der Waals surface area contributed by atoms with Crippen molar-refractivity contribution in [2.24, 2.45) is 11.8 Å². The van der Waals surface area contributed by atoms with E-state index in [-0.39, 0.29) is 0 Å². The first-order valence-corrected chi connectivity index (χ1v) is 4.74. The van der Waals surface area contributed by atoms with Crippen LogP contribution >= 0.6 is 12.2 Å². The minimum Gasteiger partial charge on any atom is -0.380 e. The molecule has 0 rings (SSSR count). The standard InChI is InChI=1S/C9H19NS/c1-7(2)8(3)5-9(4)10-6-11/h6-9H,5H2,1-4H3,(H,10,11). The highest BCUT2D eigenvalue weighted by Gasteiger charge is 2.10. The Morgan fingerprint density at radius 3 is 2.18 bits per heavy atom. The van der Waals surface area contributed by atoms with Gasteiger partial charge in [-0.05, 0) is 25.2 Å². The van der Waals surface area contributed by atoms with Crippen molar-refractivity contribution in [3.8, 4) is 0 Å². The fourth-order valence-electron chi connectivity index (χ4n) is 1.01. The molecule has 11 heavy (non-hydrogen) atoms. The Bertz CT molecular complexity index is 112. The summed E-state index contributed by atoms with van der Waals surface area (Å²) in [5.41, 5.74) is 1.61. The number of hydrogen-bond acceptors (Lipinski definition) is 1. The predicted octanol–water partition coefficient (Wildman–Crippen LogP) is 2.60. The summed E-state index contributed by atoms with van der Waals surface area (Å²) >= 11 is 4.71. The van der Waals surface area contributed by atoms with E-state index < -0.39 is 0 Å². The van der Waals surface area contributed by atoms with Gasteiger partial charge in [0.15, 0.2) is 0 Å². The zero-order valence-corrected chi connectivity index (χ0v) is 8.74. The number of rotatable bonds is 5. The van der Waals surface area contributed by atoms with Gasteiger partial charge in [-0.1, -0.05) is 33.0 Å². The normalized spacial score (nSPS) is 16.1. The lowest BCUT2D eigenvalue weighted by Gasteiger charge is -2.19. The summed E-state index contributed by atoms with van der Waals surface area (Å²) in [5.74, 6) is 1.54. The minimum absolute atomic E-state index is 0.518. The highest BCUT2D eigenvalue weighted by molar-refractivity contribution is 7.78. The van der Waals surface area contributed by atoms with Crippen LogP contribution in [0, 0.1) is 11.8 Å². The highest BCUT2D eigenvalue weighted by Crippen LogP contribution is 2.15. The SMILES string of the molecule is CC(CC(C)C(C)C)NC=S. The van der Waals surface area contributed by atoms with E-state index in [2.05, 4.69) is 33.0 Å². The third-order valence-corrected chi connectivity index (χ3v) is 2.35. The molecule has 0 aromatic rings. The van der Waals surface area contributed by atoms with Gasteiger partial charge in [-0.3, -0.25) is 0 Å². The van der Waals surface area contributed by atoms with Gasteiger partial charge in [0.2, 0.25) is 0 Å². The fourth-order valence-corrected chi connectivity index (χ4v) is 1.25. The molecular formula is C9H19NS. The second-order valence-corrected chi connectivity index (χ2v) is 3.88. The lowest BCUT2D eigenvalue weighted by molar-refractivity contribution is 0.359. The summed E-state index contributed by atoms with van der Waals surface area (Å²) in [5, 5.41) is 3.12. The van der Waals surface area contributed by atoms with Crippen molar-refractivity contribution in [1.29, 1.82) is 0 Å². The van der Waals surface area contributed by atoms with Crippen LogP contribution in [-0.2, 0) is 0 Å². The molecule has 0 saturated heterocycles. The van der Waals surface area contributed by atoms with Gasteiger partial charge < -0.3 is 5.32 Å². The van der Waals surface area contributed by atoms with E-state index in [0.29, 0.717) is 6.04 Å². The van der Waals surface area contributed by atoms with Gasteiger partial charge in [-0.15, -0.1) is 0 Å². The topological polar surface area (TPSA) is 12.0 Å². The summed E-state index contributed by atoms with van der Waals surface area (Å²) in [6.45, 7) is 8.97. The molecule has 0 aliphatic carbocycles. The van der Waals surface area contributed by atoms with E-state index in [9.17, 15) is 0 Å². The van der Waals surface area contributed by atoms with Crippen LogP contribution in [-0.4, -0.2) is 11.5 Å². The number of nitrogens with one attached hydrogen (secondary N) is 1. The van der Waals surface area contributed by atoms with Crippen LogP contribution in [0.4, 0.5) is 0 Å². The first-order valence-electron chi connectivity index (χ1n) is 4.27. The highest BCUT2D eigenvalue weighted by atomic mass is 32.1. The zero-order chi connectivity index (χ0) is 8.85. The van der Waals surface area contributed by atoms with Gasteiger partial charge in [0.1, 0.15) is 0 Å². The molecule has 0 heterocycles. The quantitative estimate of drug-likeness (QED) is 0.641. The Labute approximate surface area is 75.6 Å². The van der Waals surface area contributed by atoms with E-state index in [1.807, 2.05) is 0 Å². The first kappa shape index (κ1) is 10.9. The molecule has 0 aliphatic heterocycles. The van der Waals surface area contributed by atoms with E-state index in [0.717, 1.165) is 11.8 Å². The summed E-state index contributed by atoms with van der Waals surface area (Å²) in [6.07, 6.45) is 1.20. The second-order valence-electron chi connectivity index (χ2n) is 3.64. The van der Waals surface area contributed by atoms with Crippen molar-refractivity contribution in [2.75, 3.05) is 0 Å². The zero-order valence-electron chi connectivity index (χ0n) is 7.92. The maximum absolute atomic E-state index is 4.71. The molecule has 0 bridgehead atoms. The number of thiocarbonyl (C=S) groups is 1. The number of hydrogen-bond donors (Lipinski definition) is 1. The Kier molecular flexibility index (Phi) is 5.47. The van der Waals surface area contributed by atoms with Gasteiger partial charge in [-0.25, -0.2) is 0 Å². The molecular weight excluding hydrogens is 154 g/mol. The maximum Gasteiger partial charge on any atom is 0.0616 e. The van der Waals surface area contributed by atoms with Crippen LogP contribution in [0.1, 0.15) is 34.1 Å². The molecule has 1 N–H and O–H groups in total. The molecule has 0 amide bonds. The maximum atomic E-state index is 4.71. The molecule has 2 heteroatoms. The molecule has 0 aromatic heterocycles. The van der Waals surface area contributed by atoms with E-state index in [1.54, 1.807) is 5.49 Å². The van der Waals surface area contributed by atoms with Gasteiger partial charge in [0.25, 0.3) is 0 Å². The van der Waals surface area contributed by atoms with Gasteiger partial charge in [0, 0.05) is 6.04 Å². The second kappa shape index (κ2) is 5.53. The molecule has 2 atom stereocenters. The van der Waals surface area contributed by atoms with Crippen molar-refractivity contribution in [3.05, 3.63) is 0 Å². The van der Waals surface area contributed by atoms with E-state index in [4.69, 9.17) is 12.2 Å². The van der Waals surface area contributed by atoms with Crippen molar-refractivity contribution in [1.82, 2.24) is 5.32 Å². The first-order chi connectivity index (χ1) is 5.07. The molecule has 0 fully saturated rings. The Balaban J connectivity index is 3.56. The Morgan fingerprint density at radius 2 is 1.82 bits per heavy atom. The molecule has 1 nitrogen and oxygen atoms in total. The average molecular weight is 173 g/mol. The summed E-state index contributed by atoms with van der Waals surface area (Å²) in [7, 11) is 0. The molecule has 66 valence electrons. The largest absolute Gasteiger partial charge is 0.380 e. The molecule has 0 radical (unpaired) electrons. The third-order valence-electron chi connectivity index (χ3n) is 2.22. The van der Waals surface area contributed by atoms with E-state index in [1.165, 1.54) is 6.42 Å². The minimum atomic E-state index is 0.518. The molecule has 0 spiro atoms. The molecule has 2 unspecified atom stereocenters. The van der Waals surface area contributed by atoms with Crippen LogP contribution < -0.4 is 5.32 Å². The van der Waals surface area contributed by atoms with Crippen molar-refractivity contribution in [3.63, 3.8) is 0 Å². The van der Waals surface area contributed by atoms with Crippen LogP contribution in [0.25, 0.3) is 0 Å². The van der Waals surface area contributed by atoms with Crippen molar-refractivity contribution in [2.45, 2.75) is 40.2 Å². The molecule has 0 aliphatic rings. The van der Waals surface area contributed by atoms with Gasteiger partial charge in [0.05, 0.1) is 5.49 Å². The summed E-state index contributed by atoms with van der Waals surface area (Å²) in [4.78, 5) is 0. The van der Waals surface area contributed by atoms with Crippen LogP contribution in [0.15, 0.2) is 0 Å². The van der Waals surface area contributed by atoms with Crippen molar-refractivity contribution >= 4 is 17.7 Å². The van der Waals surface area contributed by atoms with Crippen molar-refractivity contribution < 1.29 is 0 Å². The Morgan fingerprint density at radius 1 is 1.27 bits per heavy atom. The molecule has 0 aromatic carbocycles. The summed E-state index contributed by atoms with van der Waals surface area (Å²) < 4.78 is 0. The summed E-state index contributed by atoms with van der Waals surface area (Å²) in [6, 6.07) is 0.518. The van der Waals surface area contributed by atoms with Crippen LogP contribution in [0.3, 0.4) is 0 Å². The fraction of sp³-hybridized carbons (Fsp3) is 0.889.